The van der Waals surface area contributed by atoms with Crippen molar-refractivity contribution >= 4 is 5.69 Å². The van der Waals surface area contributed by atoms with Gasteiger partial charge in [0.2, 0.25) is 0 Å². The molecule has 0 atom stereocenters. The SMILES string of the molecule is N#Cc1nccc(C2CCNCC2)c1N. The molecule has 0 saturated carbocycles. The fourth-order valence-corrected chi connectivity index (χ4v) is 2.07. The van der Waals surface area contributed by atoms with Crippen LogP contribution in [0.5, 0.6) is 0 Å². The van der Waals surface area contributed by atoms with Crippen molar-refractivity contribution in [2.45, 2.75) is 18.8 Å². The maximum atomic E-state index is 8.84. The van der Waals surface area contributed by atoms with Crippen molar-refractivity contribution in [1.29, 1.82) is 5.26 Å². The predicted molar refractivity (Wildman–Crippen MR) is 58.2 cm³/mol. The normalized spacial score (nSPS) is 17.3. The van der Waals surface area contributed by atoms with Gasteiger partial charge in [-0.1, -0.05) is 0 Å². The summed E-state index contributed by atoms with van der Waals surface area (Å²) in [5.41, 5.74) is 7.92. The zero-order valence-electron chi connectivity index (χ0n) is 8.53. The Hall–Kier alpha value is -1.60. The summed E-state index contributed by atoms with van der Waals surface area (Å²) >= 11 is 0. The van der Waals surface area contributed by atoms with E-state index in [1.165, 1.54) is 0 Å². The number of piperidine rings is 1. The van der Waals surface area contributed by atoms with Crippen molar-refractivity contribution in [3.63, 3.8) is 0 Å². The Morgan fingerprint density at radius 2 is 2.20 bits per heavy atom. The molecule has 4 heteroatoms. The quantitative estimate of drug-likeness (QED) is 0.712. The van der Waals surface area contributed by atoms with Gasteiger partial charge in [-0.15, -0.1) is 0 Å². The molecule has 1 aromatic rings. The summed E-state index contributed by atoms with van der Waals surface area (Å²) in [5.74, 6) is 0.473. The number of hydrogen-bond donors (Lipinski definition) is 2. The summed E-state index contributed by atoms with van der Waals surface area (Å²) in [7, 11) is 0. The van der Waals surface area contributed by atoms with E-state index in [0.29, 0.717) is 17.3 Å². The number of anilines is 1. The van der Waals surface area contributed by atoms with Gasteiger partial charge in [-0.25, -0.2) is 4.98 Å². The van der Waals surface area contributed by atoms with E-state index in [4.69, 9.17) is 11.0 Å². The maximum Gasteiger partial charge on any atom is 0.163 e. The first-order valence-corrected chi connectivity index (χ1v) is 5.18. The van der Waals surface area contributed by atoms with Crippen molar-refractivity contribution < 1.29 is 0 Å². The third-order valence-corrected chi connectivity index (χ3v) is 2.91. The fraction of sp³-hybridized carbons (Fsp3) is 0.455. The van der Waals surface area contributed by atoms with E-state index in [-0.39, 0.29) is 0 Å². The maximum absolute atomic E-state index is 8.84. The lowest BCUT2D eigenvalue weighted by Crippen LogP contribution is -2.27. The van der Waals surface area contributed by atoms with E-state index in [9.17, 15) is 0 Å². The van der Waals surface area contributed by atoms with E-state index in [0.717, 1.165) is 31.5 Å². The second kappa shape index (κ2) is 4.28. The van der Waals surface area contributed by atoms with Crippen LogP contribution in [0.4, 0.5) is 5.69 Å². The summed E-state index contributed by atoms with van der Waals surface area (Å²) < 4.78 is 0. The van der Waals surface area contributed by atoms with Crippen LogP contribution in [0, 0.1) is 11.3 Å². The Morgan fingerprint density at radius 1 is 1.47 bits per heavy atom. The molecule has 0 aliphatic carbocycles. The minimum absolute atomic E-state index is 0.353. The van der Waals surface area contributed by atoms with Gasteiger partial charge in [0.05, 0.1) is 5.69 Å². The highest BCUT2D eigenvalue weighted by atomic mass is 14.9. The molecular formula is C11H14N4. The van der Waals surface area contributed by atoms with Crippen LogP contribution in [0.2, 0.25) is 0 Å². The highest BCUT2D eigenvalue weighted by Gasteiger charge is 2.18. The van der Waals surface area contributed by atoms with Crippen LogP contribution in [-0.2, 0) is 0 Å². The predicted octanol–water partition coefficient (Wildman–Crippen LogP) is 1.00. The van der Waals surface area contributed by atoms with E-state index in [1.54, 1.807) is 6.20 Å². The first kappa shape index (κ1) is 9.94. The molecule has 0 aromatic carbocycles. The molecule has 1 saturated heterocycles. The van der Waals surface area contributed by atoms with Crippen molar-refractivity contribution in [2.75, 3.05) is 18.8 Å². The molecule has 0 amide bonds. The molecule has 2 rings (SSSR count). The molecule has 4 nitrogen and oxygen atoms in total. The summed E-state index contributed by atoms with van der Waals surface area (Å²) in [6, 6.07) is 3.96. The van der Waals surface area contributed by atoms with Gasteiger partial charge in [0.1, 0.15) is 6.07 Å². The van der Waals surface area contributed by atoms with Crippen LogP contribution in [0.3, 0.4) is 0 Å². The molecule has 1 fully saturated rings. The molecule has 0 bridgehead atoms. The Balaban J connectivity index is 2.31. The molecule has 15 heavy (non-hydrogen) atoms. The summed E-state index contributed by atoms with van der Waals surface area (Å²) in [6.07, 6.45) is 3.84. The molecule has 3 N–H and O–H groups in total. The molecule has 0 unspecified atom stereocenters. The van der Waals surface area contributed by atoms with Crippen molar-refractivity contribution in [1.82, 2.24) is 10.3 Å². The highest BCUT2D eigenvalue weighted by Crippen LogP contribution is 2.30. The first-order chi connectivity index (χ1) is 7.33. The van der Waals surface area contributed by atoms with Gasteiger partial charge in [0.15, 0.2) is 5.69 Å². The molecule has 0 radical (unpaired) electrons. The topological polar surface area (TPSA) is 74.7 Å². The molecule has 1 aliphatic heterocycles. The van der Waals surface area contributed by atoms with Gasteiger partial charge >= 0.3 is 0 Å². The molecule has 0 spiro atoms. The number of nitrogens with zero attached hydrogens (tertiary/aromatic N) is 2. The average Bonchev–Trinajstić information content (AvgIpc) is 2.30. The monoisotopic (exact) mass is 202 g/mol. The summed E-state index contributed by atoms with van der Waals surface area (Å²) in [6.45, 7) is 2.04. The van der Waals surface area contributed by atoms with Crippen LogP contribution in [0.25, 0.3) is 0 Å². The number of aromatic nitrogens is 1. The fourth-order valence-electron chi connectivity index (χ4n) is 2.07. The number of hydrogen-bond acceptors (Lipinski definition) is 4. The number of pyridine rings is 1. The van der Waals surface area contributed by atoms with Crippen LogP contribution < -0.4 is 11.1 Å². The van der Waals surface area contributed by atoms with Gasteiger partial charge in [-0.2, -0.15) is 5.26 Å². The van der Waals surface area contributed by atoms with Gasteiger partial charge in [0.25, 0.3) is 0 Å². The largest absolute Gasteiger partial charge is 0.396 e. The van der Waals surface area contributed by atoms with Gasteiger partial charge in [-0.05, 0) is 43.5 Å². The Bertz CT molecular complexity index is 388. The summed E-state index contributed by atoms with van der Waals surface area (Å²) in [5, 5.41) is 12.1. The standard InChI is InChI=1S/C11H14N4/c12-7-10-11(13)9(3-6-15-10)8-1-4-14-5-2-8/h3,6,8,14H,1-2,4-5,13H2. The first-order valence-electron chi connectivity index (χ1n) is 5.18. The second-order valence-electron chi connectivity index (χ2n) is 3.80. The minimum Gasteiger partial charge on any atom is -0.396 e. The zero-order valence-corrected chi connectivity index (χ0v) is 8.53. The lowest BCUT2D eigenvalue weighted by molar-refractivity contribution is 0.461. The van der Waals surface area contributed by atoms with Gasteiger partial charge in [0, 0.05) is 6.20 Å². The minimum atomic E-state index is 0.353. The Kier molecular flexibility index (Phi) is 2.84. The van der Waals surface area contributed by atoms with Crippen LogP contribution in [-0.4, -0.2) is 18.1 Å². The van der Waals surface area contributed by atoms with E-state index in [1.807, 2.05) is 12.1 Å². The molecule has 2 heterocycles. The third-order valence-electron chi connectivity index (χ3n) is 2.91. The van der Waals surface area contributed by atoms with Crippen LogP contribution in [0.15, 0.2) is 12.3 Å². The van der Waals surface area contributed by atoms with Crippen molar-refractivity contribution in [2.24, 2.45) is 0 Å². The van der Waals surface area contributed by atoms with E-state index < -0.39 is 0 Å². The number of nitrogens with two attached hydrogens (primary N) is 1. The highest BCUT2D eigenvalue weighted by molar-refractivity contribution is 5.56. The summed E-state index contributed by atoms with van der Waals surface area (Å²) in [4.78, 5) is 3.95. The molecular weight excluding hydrogens is 188 g/mol. The molecule has 1 aromatic heterocycles. The number of nitrogens with one attached hydrogen (secondary N) is 1. The smallest absolute Gasteiger partial charge is 0.163 e. The number of nitriles is 1. The van der Waals surface area contributed by atoms with Crippen LogP contribution in [0.1, 0.15) is 30.0 Å². The number of rotatable bonds is 1. The second-order valence-corrected chi connectivity index (χ2v) is 3.80. The molecule has 78 valence electrons. The Labute approximate surface area is 89.1 Å². The van der Waals surface area contributed by atoms with E-state index in [2.05, 4.69) is 10.3 Å². The van der Waals surface area contributed by atoms with Gasteiger partial charge in [-0.3, -0.25) is 0 Å². The van der Waals surface area contributed by atoms with Crippen molar-refractivity contribution in [3.8, 4) is 6.07 Å². The average molecular weight is 202 g/mol. The lowest BCUT2D eigenvalue weighted by Gasteiger charge is -2.24. The van der Waals surface area contributed by atoms with Crippen LogP contribution >= 0.6 is 0 Å². The molecule has 1 aliphatic rings. The zero-order chi connectivity index (χ0) is 10.7. The van der Waals surface area contributed by atoms with Crippen molar-refractivity contribution in [3.05, 3.63) is 23.5 Å². The number of nitrogen functional groups attached to an aromatic ring is 1. The van der Waals surface area contributed by atoms with Gasteiger partial charge < -0.3 is 11.1 Å². The Morgan fingerprint density at radius 3 is 2.87 bits per heavy atom. The third kappa shape index (κ3) is 1.92. The van der Waals surface area contributed by atoms with E-state index >= 15 is 0 Å². The lowest BCUT2D eigenvalue weighted by atomic mass is 9.89.